The zero-order valence-electron chi connectivity index (χ0n) is 10.3. The van der Waals surface area contributed by atoms with E-state index in [9.17, 15) is 0 Å². The minimum atomic E-state index is 0.673. The molecule has 0 fully saturated rings. The lowest BCUT2D eigenvalue weighted by atomic mass is 10.1. The van der Waals surface area contributed by atoms with Gasteiger partial charge in [0.25, 0.3) is 0 Å². The quantitative estimate of drug-likeness (QED) is 0.925. The van der Waals surface area contributed by atoms with E-state index in [0.717, 1.165) is 28.0 Å². The number of hydrogen-bond donors (Lipinski definition) is 1. The highest BCUT2D eigenvalue weighted by Crippen LogP contribution is 2.27. The Morgan fingerprint density at radius 1 is 1.11 bits per heavy atom. The SMILES string of the molecule is Cc1cc(Br)ccc1Oc1ccc(CCN)cc1. The second-order valence-corrected chi connectivity index (χ2v) is 5.11. The number of benzene rings is 2. The molecule has 0 saturated heterocycles. The summed E-state index contributed by atoms with van der Waals surface area (Å²) >= 11 is 3.44. The van der Waals surface area contributed by atoms with Gasteiger partial charge in [0, 0.05) is 4.47 Å². The van der Waals surface area contributed by atoms with Gasteiger partial charge in [-0.2, -0.15) is 0 Å². The molecule has 2 rings (SSSR count). The minimum Gasteiger partial charge on any atom is -0.457 e. The lowest BCUT2D eigenvalue weighted by molar-refractivity contribution is 0.478. The van der Waals surface area contributed by atoms with Crippen LogP contribution in [0.1, 0.15) is 11.1 Å². The van der Waals surface area contributed by atoms with E-state index in [-0.39, 0.29) is 0 Å². The summed E-state index contributed by atoms with van der Waals surface area (Å²) in [6.07, 6.45) is 0.900. The van der Waals surface area contributed by atoms with Gasteiger partial charge in [-0.05, 0) is 61.3 Å². The summed E-state index contributed by atoms with van der Waals surface area (Å²) < 4.78 is 6.91. The summed E-state index contributed by atoms with van der Waals surface area (Å²) in [6, 6.07) is 14.0. The predicted molar refractivity (Wildman–Crippen MR) is 78.2 cm³/mol. The van der Waals surface area contributed by atoms with Crippen LogP contribution in [0.2, 0.25) is 0 Å². The van der Waals surface area contributed by atoms with Crippen LogP contribution in [-0.2, 0) is 6.42 Å². The van der Waals surface area contributed by atoms with Gasteiger partial charge in [-0.3, -0.25) is 0 Å². The molecular weight excluding hydrogens is 290 g/mol. The first-order valence-corrected chi connectivity index (χ1v) is 6.71. The van der Waals surface area contributed by atoms with Crippen LogP contribution in [0.4, 0.5) is 0 Å². The Bertz CT molecular complexity index is 523. The van der Waals surface area contributed by atoms with E-state index < -0.39 is 0 Å². The summed E-state index contributed by atoms with van der Waals surface area (Å²) in [5.74, 6) is 1.73. The molecule has 0 radical (unpaired) electrons. The van der Waals surface area contributed by atoms with Crippen LogP contribution in [0.15, 0.2) is 46.9 Å². The molecule has 0 unspecified atom stereocenters. The molecule has 2 aromatic rings. The van der Waals surface area contributed by atoms with Gasteiger partial charge in [0.2, 0.25) is 0 Å². The maximum Gasteiger partial charge on any atom is 0.130 e. The first kappa shape index (κ1) is 13.1. The van der Waals surface area contributed by atoms with Crippen molar-refractivity contribution in [3.63, 3.8) is 0 Å². The number of ether oxygens (including phenoxy) is 1. The molecular formula is C15H16BrNO. The van der Waals surface area contributed by atoms with Crippen LogP contribution in [0, 0.1) is 6.92 Å². The van der Waals surface area contributed by atoms with E-state index in [1.165, 1.54) is 5.56 Å². The topological polar surface area (TPSA) is 35.2 Å². The van der Waals surface area contributed by atoms with Crippen molar-refractivity contribution in [3.05, 3.63) is 58.1 Å². The van der Waals surface area contributed by atoms with Crippen LogP contribution in [-0.4, -0.2) is 6.54 Å². The molecule has 0 aromatic heterocycles. The number of rotatable bonds is 4. The van der Waals surface area contributed by atoms with Crippen molar-refractivity contribution in [1.29, 1.82) is 0 Å². The van der Waals surface area contributed by atoms with Gasteiger partial charge in [-0.1, -0.05) is 28.1 Å². The van der Waals surface area contributed by atoms with Crippen molar-refractivity contribution in [2.24, 2.45) is 5.73 Å². The third kappa shape index (κ3) is 3.34. The molecule has 0 bridgehead atoms. The Morgan fingerprint density at radius 3 is 2.44 bits per heavy atom. The van der Waals surface area contributed by atoms with E-state index in [0.29, 0.717) is 6.54 Å². The van der Waals surface area contributed by atoms with Crippen molar-refractivity contribution in [2.75, 3.05) is 6.54 Å². The van der Waals surface area contributed by atoms with E-state index in [1.54, 1.807) is 0 Å². The molecule has 2 nitrogen and oxygen atoms in total. The molecule has 2 aromatic carbocycles. The van der Waals surface area contributed by atoms with Crippen LogP contribution >= 0.6 is 15.9 Å². The first-order valence-electron chi connectivity index (χ1n) is 5.92. The molecule has 94 valence electrons. The largest absolute Gasteiger partial charge is 0.457 e. The Kier molecular flexibility index (Phi) is 4.39. The lowest BCUT2D eigenvalue weighted by Crippen LogP contribution is -2.02. The average Bonchev–Trinajstić information content (AvgIpc) is 2.35. The fraction of sp³-hybridized carbons (Fsp3) is 0.200. The minimum absolute atomic E-state index is 0.673. The van der Waals surface area contributed by atoms with Crippen LogP contribution in [0.5, 0.6) is 11.5 Å². The summed E-state index contributed by atoms with van der Waals surface area (Å²) in [5, 5.41) is 0. The van der Waals surface area contributed by atoms with Crippen molar-refractivity contribution in [1.82, 2.24) is 0 Å². The Morgan fingerprint density at radius 2 is 1.83 bits per heavy atom. The van der Waals surface area contributed by atoms with Crippen molar-refractivity contribution < 1.29 is 4.74 Å². The fourth-order valence-electron chi connectivity index (χ4n) is 1.75. The molecule has 0 saturated carbocycles. The maximum atomic E-state index is 5.85. The van der Waals surface area contributed by atoms with E-state index in [2.05, 4.69) is 28.1 Å². The third-order valence-electron chi connectivity index (χ3n) is 2.72. The first-order chi connectivity index (χ1) is 8.69. The molecule has 0 aliphatic rings. The highest BCUT2D eigenvalue weighted by molar-refractivity contribution is 9.10. The van der Waals surface area contributed by atoms with Crippen molar-refractivity contribution in [3.8, 4) is 11.5 Å². The van der Waals surface area contributed by atoms with Gasteiger partial charge in [-0.15, -0.1) is 0 Å². The molecule has 0 amide bonds. The second-order valence-electron chi connectivity index (χ2n) is 4.19. The Labute approximate surface area is 116 Å². The number of aryl methyl sites for hydroxylation is 1. The maximum absolute atomic E-state index is 5.85. The molecule has 0 atom stereocenters. The van der Waals surface area contributed by atoms with Crippen LogP contribution in [0.3, 0.4) is 0 Å². The van der Waals surface area contributed by atoms with E-state index >= 15 is 0 Å². The molecule has 0 aliphatic carbocycles. The smallest absolute Gasteiger partial charge is 0.130 e. The molecule has 0 spiro atoms. The normalized spacial score (nSPS) is 10.4. The van der Waals surface area contributed by atoms with Crippen molar-refractivity contribution in [2.45, 2.75) is 13.3 Å². The van der Waals surface area contributed by atoms with Gasteiger partial charge < -0.3 is 10.5 Å². The van der Waals surface area contributed by atoms with Gasteiger partial charge in [-0.25, -0.2) is 0 Å². The summed E-state index contributed by atoms with van der Waals surface area (Å²) in [4.78, 5) is 0. The molecule has 3 heteroatoms. The zero-order chi connectivity index (χ0) is 13.0. The Hall–Kier alpha value is -1.32. The summed E-state index contributed by atoms with van der Waals surface area (Å²) in [7, 11) is 0. The monoisotopic (exact) mass is 305 g/mol. The van der Waals surface area contributed by atoms with Gasteiger partial charge in [0.05, 0.1) is 0 Å². The van der Waals surface area contributed by atoms with Crippen LogP contribution in [0.25, 0.3) is 0 Å². The summed E-state index contributed by atoms with van der Waals surface area (Å²) in [5.41, 5.74) is 7.86. The van der Waals surface area contributed by atoms with Gasteiger partial charge in [0.15, 0.2) is 0 Å². The van der Waals surface area contributed by atoms with Crippen molar-refractivity contribution >= 4 is 15.9 Å². The number of halogens is 1. The number of hydrogen-bond acceptors (Lipinski definition) is 2. The second kappa shape index (κ2) is 6.03. The highest BCUT2D eigenvalue weighted by Gasteiger charge is 2.02. The standard InChI is InChI=1S/C15H16BrNO/c1-11-10-13(16)4-7-15(11)18-14-5-2-12(3-6-14)8-9-17/h2-7,10H,8-9,17H2,1H3. The third-order valence-corrected chi connectivity index (χ3v) is 3.21. The fourth-order valence-corrected chi connectivity index (χ4v) is 2.22. The molecule has 0 aliphatic heterocycles. The highest BCUT2D eigenvalue weighted by atomic mass is 79.9. The Balaban J connectivity index is 2.13. The zero-order valence-corrected chi connectivity index (χ0v) is 11.9. The van der Waals surface area contributed by atoms with E-state index in [1.807, 2.05) is 37.3 Å². The van der Waals surface area contributed by atoms with Gasteiger partial charge in [0.1, 0.15) is 11.5 Å². The van der Waals surface area contributed by atoms with Gasteiger partial charge >= 0.3 is 0 Å². The number of nitrogens with two attached hydrogens (primary N) is 1. The predicted octanol–water partition coefficient (Wildman–Crippen LogP) is 4.05. The van der Waals surface area contributed by atoms with Crippen LogP contribution < -0.4 is 10.5 Å². The van der Waals surface area contributed by atoms with E-state index in [4.69, 9.17) is 10.5 Å². The molecule has 2 N–H and O–H groups in total. The molecule has 18 heavy (non-hydrogen) atoms. The lowest BCUT2D eigenvalue weighted by Gasteiger charge is -2.09. The average molecular weight is 306 g/mol. The summed E-state index contributed by atoms with van der Waals surface area (Å²) in [6.45, 7) is 2.70. The molecule has 0 heterocycles.